The molecule has 3 aromatic rings. The molecule has 32 heavy (non-hydrogen) atoms. The highest BCUT2D eigenvalue weighted by Crippen LogP contribution is 2.25. The maximum atomic E-state index is 13.3. The van der Waals surface area contributed by atoms with Gasteiger partial charge < -0.3 is 8.85 Å². The van der Waals surface area contributed by atoms with E-state index in [9.17, 15) is 24.6 Å². The lowest BCUT2D eigenvalue weighted by Crippen LogP contribution is -2.25. The van der Waals surface area contributed by atoms with Gasteiger partial charge in [-0.15, -0.1) is 0 Å². The lowest BCUT2D eigenvalue weighted by atomic mass is 10.2. The van der Waals surface area contributed by atoms with Gasteiger partial charge in [0.15, 0.2) is 0 Å². The summed E-state index contributed by atoms with van der Waals surface area (Å²) in [6.45, 7) is 3.80. The molecule has 0 unspecified atom stereocenters. The summed E-state index contributed by atoms with van der Waals surface area (Å²) in [5.74, 6) is -0.415. The van der Waals surface area contributed by atoms with E-state index in [1.165, 1.54) is 36.4 Å². The first-order chi connectivity index (χ1) is 15.4. The van der Waals surface area contributed by atoms with Crippen LogP contribution in [0.25, 0.3) is 5.20 Å². The summed E-state index contributed by atoms with van der Waals surface area (Å²) in [6.07, 6.45) is 0. The average Bonchev–Trinajstić information content (AvgIpc) is 2.79. The van der Waals surface area contributed by atoms with E-state index in [1.54, 1.807) is 36.4 Å². The van der Waals surface area contributed by atoms with E-state index >= 15 is 0 Å². The number of benzene rings is 3. The second kappa shape index (κ2) is 10.5. The fourth-order valence-corrected chi connectivity index (χ4v) is 4.63. The first-order valence-electron chi connectivity index (χ1n) is 9.49. The van der Waals surface area contributed by atoms with Crippen molar-refractivity contribution in [1.82, 2.24) is 0 Å². The van der Waals surface area contributed by atoms with Crippen LogP contribution in [0, 0.1) is 26.0 Å². The maximum Gasteiger partial charge on any atom is 0.356 e. The summed E-state index contributed by atoms with van der Waals surface area (Å²) in [7, 11) is -2.78. The molecule has 3 aromatic carbocycles. The molecule has 0 N–H and O–H groups in total. The number of nitro groups is 2. The van der Waals surface area contributed by atoms with Gasteiger partial charge in [0.25, 0.3) is 11.4 Å². The molecule has 3 rings (SSSR count). The molecule has 0 atom stereocenters. The van der Waals surface area contributed by atoms with Crippen LogP contribution in [0.3, 0.4) is 0 Å². The number of rotatable bonds is 10. The number of hydrogen-bond donors (Lipinski definition) is 0. The van der Waals surface area contributed by atoms with Gasteiger partial charge >= 0.3 is 9.28 Å². The van der Waals surface area contributed by atoms with Crippen LogP contribution in [0.2, 0.25) is 0 Å². The minimum atomic E-state index is -2.78. The highest BCUT2D eigenvalue weighted by atomic mass is 28.3. The van der Waals surface area contributed by atoms with Gasteiger partial charge in [-0.25, -0.2) is 4.39 Å². The van der Waals surface area contributed by atoms with Gasteiger partial charge in [0, 0.05) is 12.1 Å². The van der Waals surface area contributed by atoms with Crippen LogP contribution in [0.1, 0.15) is 16.7 Å². The van der Waals surface area contributed by atoms with Gasteiger partial charge in [0.2, 0.25) is 0 Å². The zero-order valence-electron chi connectivity index (χ0n) is 16.8. The molecule has 0 saturated heterocycles. The van der Waals surface area contributed by atoms with Crippen molar-refractivity contribution in [2.24, 2.45) is 0 Å². The fourth-order valence-electron chi connectivity index (χ4n) is 3.00. The second-order valence-corrected chi connectivity index (χ2v) is 8.79. The SMILES string of the molecule is C=C(c1ccc(F)cc1)[SiH](OCc1ccccc1[N+](=O)[O-])OCc1ccccc1[N+](=O)[O-]. The Morgan fingerprint density at radius 2 is 1.25 bits per heavy atom. The predicted molar refractivity (Wildman–Crippen MR) is 118 cm³/mol. The topological polar surface area (TPSA) is 105 Å². The molecule has 0 bridgehead atoms. The summed E-state index contributed by atoms with van der Waals surface area (Å²) >= 11 is 0. The number of halogens is 1. The van der Waals surface area contributed by atoms with Crippen molar-refractivity contribution in [2.45, 2.75) is 13.2 Å². The van der Waals surface area contributed by atoms with Crippen molar-refractivity contribution >= 4 is 25.9 Å². The van der Waals surface area contributed by atoms with Crippen LogP contribution in [0.5, 0.6) is 0 Å². The molecule has 0 aliphatic rings. The maximum absolute atomic E-state index is 13.3. The highest BCUT2D eigenvalue weighted by molar-refractivity contribution is 6.67. The zero-order valence-corrected chi connectivity index (χ0v) is 18.0. The number of para-hydroxylation sites is 2. The Labute approximate surface area is 184 Å². The van der Waals surface area contributed by atoms with Crippen LogP contribution in [-0.4, -0.2) is 19.1 Å². The lowest BCUT2D eigenvalue weighted by Gasteiger charge is -2.19. The molecule has 0 fully saturated rings. The third kappa shape index (κ3) is 5.69. The van der Waals surface area contributed by atoms with Crippen LogP contribution in [0.15, 0.2) is 79.4 Å². The molecule has 0 saturated carbocycles. The minimum absolute atomic E-state index is 0.0914. The summed E-state index contributed by atoms with van der Waals surface area (Å²) in [5.41, 5.74) is 1.12. The molecule has 0 spiro atoms. The molecule has 10 heteroatoms. The van der Waals surface area contributed by atoms with E-state index in [4.69, 9.17) is 8.85 Å². The molecule has 164 valence electrons. The van der Waals surface area contributed by atoms with Crippen molar-refractivity contribution in [1.29, 1.82) is 0 Å². The van der Waals surface area contributed by atoms with Crippen LogP contribution >= 0.6 is 0 Å². The van der Waals surface area contributed by atoms with Gasteiger partial charge in [0.05, 0.1) is 34.2 Å². The van der Waals surface area contributed by atoms with Gasteiger partial charge in [0.1, 0.15) is 5.82 Å². The van der Waals surface area contributed by atoms with Gasteiger partial charge in [-0.1, -0.05) is 43.0 Å². The van der Waals surface area contributed by atoms with E-state index in [0.29, 0.717) is 21.9 Å². The molecule has 0 amide bonds. The van der Waals surface area contributed by atoms with Gasteiger partial charge in [-0.2, -0.15) is 0 Å². The number of hydrogen-bond acceptors (Lipinski definition) is 6. The van der Waals surface area contributed by atoms with E-state index in [-0.39, 0.29) is 24.6 Å². The third-order valence-corrected chi connectivity index (χ3v) is 6.50. The zero-order chi connectivity index (χ0) is 23.1. The molecule has 0 aliphatic carbocycles. The Balaban J connectivity index is 1.83. The second-order valence-electron chi connectivity index (χ2n) is 6.76. The molecule has 0 heterocycles. The van der Waals surface area contributed by atoms with Crippen molar-refractivity contribution in [3.05, 3.63) is 122 Å². The van der Waals surface area contributed by atoms with E-state index in [2.05, 4.69) is 6.58 Å². The highest BCUT2D eigenvalue weighted by Gasteiger charge is 2.24. The molecular formula is C22H19FN2O6Si. The minimum Gasteiger partial charge on any atom is -0.388 e. The monoisotopic (exact) mass is 454 g/mol. The summed E-state index contributed by atoms with van der Waals surface area (Å²) in [6, 6.07) is 17.9. The first-order valence-corrected chi connectivity index (χ1v) is 11.0. The van der Waals surface area contributed by atoms with Crippen molar-refractivity contribution in [2.75, 3.05) is 0 Å². The lowest BCUT2D eigenvalue weighted by molar-refractivity contribution is -0.385. The average molecular weight is 454 g/mol. The van der Waals surface area contributed by atoms with Crippen molar-refractivity contribution < 1.29 is 23.1 Å². The quantitative estimate of drug-likeness (QED) is 0.246. The first kappa shape index (κ1) is 22.9. The number of nitro benzene ring substituents is 2. The van der Waals surface area contributed by atoms with Crippen molar-refractivity contribution in [3.8, 4) is 0 Å². The normalized spacial score (nSPS) is 10.8. The van der Waals surface area contributed by atoms with Crippen molar-refractivity contribution in [3.63, 3.8) is 0 Å². The Hall–Kier alpha value is -3.73. The summed E-state index contributed by atoms with van der Waals surface area (Å²) in [5, 5.41) is 23.0. The summed E-state index contributed by atoms with van der Waals surface area (Å²) in [4.78, 5) is 21.6. The molecule has 0 aromatic heterocycles. The number of nitrogens with zero attached hydrogens (tertiary/aromatic N) is 2. The smallest absolute Gasteiger partial charge is 0.356 e. The molecular weight excluding hydrogens is 435 g/mol. The van der Waals surface area contributed by atoms with E-state index in [0.717, 1.165) is 0 Å². The Bertz CT molecular complexity index is 1080. The summed E-state index contributed by atoms with van der Waals surface area (Å²) < 4.78 is 25.2. The van der Waals surface area contributed by atoms with Crippen LogP contribution in [0.4, 0.5) is 15.8 Å². The fraction of sp³-hybridized carbons (Fsp3) is 0.0909. The van der Waals surface area contributed by atoms with Gasteiger partial charge in [-0.05, 0) is 35.0 Å². The predicted octanol–water partition coefficient (Wildman–Crippen LogP) is 4.85. The Kier molecular flexibility index (Phi) is 7.55. The van der Waals surface area contributed by atoms with E-state index in [1.807, 2.05) is 0 Å². The standard InChI is InChI=1S/C22H19FN2O6Si/c1-16(17-10-12-20(23)13-11-17)32(30-14-18-6-2-4-8-21(18)24(26)27)31-15-19-7-3-5-9-22(19)25(28)29/h2-13,32H,1,14-15H2. The van der Waals surface area contributed by atoms with Crippen LogP contribution in [-0.2, 0) is 22.1 Å². The Morgan fingerprint density at radius 1 is 0.812 bits per heavy atom. The van der Waals surface area contributed by atoms with Crippen LogP contribution < -0.4 is 0 Å². The Morgan fingerprint density at radius 3 is 1.69 bits per heavy atom. The molecule has 8 nitrogen and oxygen atoms in total. The molecule has 0 radical (unpaired) electrons. The molecule has 0 aliphatic heterocycles. The van der Waals surface area contributed by atoms with E-state index < -0.39 is 24.9 Å². The largest absolute Gasteiger partial charge is 0.388 e. The van der Waals surface area contributed by atoms with Gasteiger partial charge in [-0.3, -0.25) is 20.2 Å². The third-order valence-electron chi connectivity index (χ3n) is 4.66.